The van der Waals surface area contributed by atoms with Gasteiger partial charge in [-0.25, -0.2) is 0 Å². The van der Waals surface area contributed by atoms with Crippen LogP contribution in [0.1, 0.15) is 47.8 Å². The van der Waals surface area contributed by atoms with Gasteiger partial charge in [-0.05, 0) is 52.8 Å². The Hall–Kier alpha value is -3.94. The molecule has 2 aliphatic heterocycles. The predicted molar refractivity (Wildman–Crippen MR) is 181 cm³/mol. The molecule has 9 heteroatoms. The first kappa shape index (κ1) is 30.7. The minimum absolute atomic E-state index is 0.0221. The number of likely N-dealkylation sites (tertiary alicyclic amines) is 1. The van der Waals surface area contributed by atoms with E-state index in [-0.39, 0.29) is 65.9 Å². The van der Waals surface area contributed by atoms with Crippen LogP contribution in [0.5, 0.6) is 0 Å². The number of hydrogen-bond acceptors (Lipinski definition) is 5. The van der Waals surface area contributed by atoms with Crippen LogP contribution in [0.15, 0.2) is 102 Å². The summed E-state index contributed by atoms with van der Waals surface area (Å²) in [6.07, 6.45) is 10.4. The lowest BCUT2D eigenvalue weighted by Gasteiger charge is -2.32. The number of nitrogens with two attached hydrogens (primary N) is 1. The van der Waals surface area contributed by atoms with Crippen LogP contribution in [0.25, 0.3) is 5.76 Å². The highest BCUT2D eigenvalue weighted by atomic mass is 35.5. The van der Waals surface area contributed by atoms with E-state index in [1.165, 1.54) is 0 Å². The fourth-order valence-electron chi connectivity index (χ4n) is 8.10. The minimum atomic E-state index is -0.424. The number of carbonyl (C=O) groups is 2. The number of halogens is 2. The van der Waals surface area contributed by atoms with Gasteiger partial charge < -0.3 is 25.7 Å². The third-order valence-corrected chi connectivity index (χ3v) is 11.1. The Kier molecular flexibility index (Phi) is 8.24. The maximum atomic E-state index is 14.2. The molecular weight excluding hydrogens is 621 g/mol. The molecule has 4 unspecified atom stereocenters. The van der Waals surface area contributed by atoms with Crippen molar-refractivity contribution in [3.05, 3.63) is 118 Å². The molecule has 7 rings (SSSR count). The zero-order valence-electron chi connectivity index (χ0n) is 25.4. The van der Waals surface area contributed by atoms with Gasteiger partial charge in [-0.3, -0.25) is 9.59 Å². The molecule has 1 saturated heterocycles. The van der Waals surface area contributed by atoms with Gasteiger partial charge in [0.1, 0.15) is 11.5 Å². The Morgan fingerprint density at radius 2 is 1.74 bits per heavy atom. The molecule has 3 aliphatic carbocycles. The van der Waals surface area contributed by atoms with Crippen molar-refractivity contribution in [1.29, 1.82) is 0 Å². The Balaban J connectivity index is 1.17. The molecule has 0 aromatic heterocycles. The summed E-state index contributed by atoms with van der Waals surface area (Å²) in [5.74, 6) is 0.326. The van der Waals surface area contributed by atoms with Crippen molar-refractivity contribution in [2.75, 3.05) is 30.6 Å². The first-order valence-corrected chi connectivity index (χ1v) is 16.9. The molecule has 0 spiro atoms. The highest BCUT2D eigenvalue weighted by Crippen LogP contribution is 2.48. The van der Waals surface area contributed by atoms with Crippen LogP contribution >= 0.6 is 23.2 Å². The quantitative estimate of drug-likeness (QED) is 0.224. The largest absolute Gasteiger partial charge is 0.512 e. The van der Waals surface area contributed by atoms with E-state index in [9.17, 15) is 19.8 Å². The molecule has 2 amide bonds. The second-order valence-electron chi connectivity index (χ2n) is 12.9. The molecule has 1 fully saturated rings. The van der Waals surface area contributed by atoms with Gasteiger partial charge in [-0.15, -0.1) is 23.2 Å². The normalized spacial score (nSPS) is 26.8. The number of hydrogen-bond donors (Lipinski definition) is 3. The van der Waals surface area contributed by atoms with E-state index < -0.39 is 5.92 Å². The molecule has 6 atom stereocenters. The zero-order chi connectivity index (χ0) is 32.1. The number of aliphatic hydroxyl groups excluding tert-OH is 2. The molecule has 2 aromatic carbocycles. The first-order chi connectivity index (χ1) is 22.3. The van der Waals surface area contributed by atoms with E-state index in [0.29, 0.717) is 42.7 Å². The van der Waals surface area contributed by atoms with Crippen molar-refractivity contribution in [1.82, 2.24) is 9.80 Å². The number of fused-ring (bicyclic) bond motifs is 5. The van der Waals surface area contributed by atoms with Crippen LogP contribution in [0, 0.1) is 17.8 Å². The summed E-state index contributed by atoms with van der Waals surface area (Å²) < 4.78 is 0. The molecule has 46 heavy (non-hydrogen) atoms. The molecule has 238 valence electrons. The van der Waals surface area contributed by atoms with Crippen molar-refractivity contribution in [3.8, 4) is 0 Å². The fourth-order valence-corrected chi connectivity index (χ4v) is 8.64. The molecule has 2 aromatic rings. The van der Waals surface area contributed by atoms with Crippen LogP contribution < -0.4 is 5.73 Å². The van der Waals surface area contributed by atoms with Gasteiger partial charge in [-0.1, -0.05) is 54.6 Å². The van der Waals surface area contributed by atoms with Gasteiger partial charge >= 0.3 is 0 Å². The Morgan fingerprint density at radius 1 is 0.978 bits per heavy atom. The first-order valence-electron chi connectivity index (χ1n) is 15.9. The molecule has 0 bridgehead atoms. The Labute approximate surface area is 279 Å². The predicted octanol–water partition coefficient (Wildman–Crippen LogP) is 6.80. The third kappa shape index (κ3) is 5.23. The average molecular weight is 659 g/mol. The number of nitrogen functional groups attached to an aromatic ring is 1. The zero-order valence-corrected chi connectivity index (χ0v) is 26.9. The highest BCUT2D eigenvalue weighted by molar-refractivity contribution is 6.18. The smallest absolute Gasteiger partial charge is 0.227 e. The number of anilines is 1. The molecule has 0 saturated carbocycles. The number of alkyl halides is 2. The van der Waals surface area contributed by atoms with Gasteiger partial charge in [0.15, 0.2) is 0 Å². The van der Waals surface area contributed by atoms with Gasteiger partial charge in [0.25, 0.3) is 0 Å². The summed E-state index contributed by atoms with van der Waals surface area (Å²) >= 11 is 12.9. The number of benzene rings is 2. The van der Waals surface area contributed by atoms with E-state index in [1.807, 2.05) is 59.5 Å². The maximum Gasteiger partial charge on any atom is 0.227 e. The Morgan fingerprint density at radius 3 is 2.50 bits per heavy atom. The summed E-state index contributed by atoms with van der Waals surface area (Å²) in [5.41, 5.74) is 12.0. The molecular formula is C37H37Cl2N3O4. The van der Waals surface area contributed by atoms with E-state index in [0.717, 1.165) is 27.8 Å². The lowest BCUT2D eigenvalue weighted by Crippen LogP contribution is -2.38. The number of allylic oxidation sites excluding steroid dienone is 5. The second-order valence-corrected chi connectivity index (χ2v) is 13.6. The monoisotopic (exact) mass is 657 g/mol. The van der Waals surface area contributed by atoms with Crippen molar-refractivity contribution in [3.63, 3.8) is 0 Å². The Bertz CT molecular complexity index is 1730. The molecule has 2 heterocycles. The van der Waals surface area contributed by atoms with Crippen molar-refractivity contribution in [2.45, 2.75) is 37.1 Å². The van der Waals surface area contributed by atoms with Crippen LogP contribution in [0.4, 0.5) is 5.69 Å². The summed E-state index contributed by atoms with van der Waals surface area (Å²) in [5, 5.41) is 21.8. The second kappa shape index (κ2) is 12.3. The van der Waals surface area contributed by atoms with E-state index in [4.69, 9.17) is 28.9 Å². The van der Waals surface area contributed by atoms with Crippen LogP contribution in [0.2, 0.25) is 0 Å². The molecule has 5 aliphatic rings. The lowest BCUT2D eigenvalue weighted by atomic mass is 9.78. The molecule has 4 N–H and O–H groups in total. The third-order valence-electron chi connectivity index (χ3n) is 10.3. The topological polar surface area (TPSA) is 107 Å². The molecule has 0 radical (unpaired) electrons. The van der Waals surface area contributed by atoms with Gasteiger partial charge in [0.2, 0.25) is 11.8 Å². The summed E-state index contributed by atoms with van der Waals surface area (Å²) in [6.45, 7) is 0.885. The number of nitrogens with zero attached hydrogens (tertiary/aromatic N) is 2. The minimum Gasteiger partial charge on any atom is -0.512 e. The summed E-state index contributed by atoms with van der Waals surface area (Å²) in [4.78, 5) is 31.9. The number of amides is 2. The van der Waals surface area contributed by atoms with Crippen molar-refractivity contribution < 1.29 is 19.8 Å². The number of aliphatic hydroxyl groups is 2. The average Bonchev–Trinajstić information content (AvgIpc) is 3.63. The summed E-state index contributed by atoms with van der Waals surface area (Å²) in [6, 6.07) is 14.8. The maximum absolute atomic E-state index is 14.2. The SMILES string of the molecule is Nc1ccc(C(CC(=O)N2C[C@@H](CCl)C3=C2C=C(O)C2CC=CC=C32)CC(=O)N2C[C@@H](CCl)C3c4ccccc4C(O)=CC32)cc1. The highest BCUT2D eigenvalue weighted by Gasteiger charge is 2.47. The number of rotatable bonds is 7. The number of carbonyl (C=O) groups excluding carboxylic acids is 2. The van der Waals surface area contributed by atoms with E-state index >= 15 is 0 Å². The summed E-state index contributed by atoms with van der Waals surface area (Å²) in [7, 11) is 0. The lowest BCUT2D eigenvalue weighted by molar-refractivity contribution is -0.132. The van der Waals surface area contributed by atoms with E-state index in [1.54, 1.807) is 29.2 Å². The van der Waals surface area contributed by atoms with Gasteiger partial charge in [0, 0.05) is 78.7 Å². The van der Waals surface area contributed by atoms with Crippen LogP contribution in [0.3, 0.4) is 0 Å². The standard InChI is InChI=1S/C37H37Cl2N3O4/c38-17-23-19-41(30-15-32(43)26-5-1-3-7-28(26)36(23)30)34(45)13-22(21-9-11-25(40)12-10-21)14-35(46)42-20-24(18-39)37-29-8-4-2-6-27(29)33(44)16-31(37)42/h1-5,7-12,15-16,22-24,27,30,36,43-44H,6,13-14,17-20,40H2/t22?,23-,24-,27?,30?,36?/m1/s1. The fraction of sp³-hybridized carbons (Fsp3) is 0.351. The van der Waals surface area contributed by atoms with Crippen molar-refractivity contribution in [2.24, 2.45) is 17.8 Å². The van der Waals surface area contributed by atoms with E-state index in [2.05, 4.69) is 0 Å². The van der Waals surface area contributed by atoms with Crippen molar-refractivity contribution >= 4 is 46.5 Å². The van der Waals surface area contributed by atoms with Gasteiger partial charge in [-0.2, -0.15) is 0 Å². The van der Waals surface area contributed by atoms with Crippen LogP contribution in [-0.4, -0.2) is 62.7 Å². The molecule has 7 nitrogen and oxygen atoms in total. The van der Waals surface area contributed by atoms with Crippen LogP contribution in [-0.2, 0) is 9.59 Å². The van der Waals surface area contributed by atoms with Gasteiger partial charge in [0.05, 0.1) is 11.7 Å².